The molecule has 1 aromatic carbocycles. The third-order valence-electron chi connectivity index (χ3n) is 2.65. The number of halogens is 1. The Morgan fingerprint density at radius 3 is 2.35 bits per heavy atom. The van der Waals surface area contributed by atoms with Crippen molar-refractivity contribution in [2.24, 2.45) is 5.84 Å². The molecule has 0 aliphatic rings. The molecule has 1 aromatic heterocycles. The quantitative estimate of drug-likeness (QED) is 0.658. The Labute approximate surface area is 110 Å². The van der Waals surface area contributed by atoms with Crippen LogP contribution in [0.2, 0.25) is 5.02 Å². The van der Waals surface area contributed by atoms with Crippen molar-refractivity contribution in [3.8, 4) is 0 Å². The van der Waals surface area contributed by atoms with Gasteiger partial charge in [0, 0.05) is 4.88 Å². The SMILES string of the molecule is Cc1cc(C)cc(C(NN)c2sccc2Cl)c1. The van der Waals surface area contributed by atoms with Crippen LogP contribution in [0.1, 0.15) is 27.6 Å². The molecule has 3 N–H and O–H groups in total. The first-order chi connectivity index (χ1) is 8.11. The lowest BCUT2D eigenvalue weighted by molar-refractivity contribution is 0.646. The van der Waals surface area contributed by atoms with Gasteiger partial charge in [0.15, 0.2) is 0 Å². The summed E-state index contributed by atoms with van der Waals surface area (Å²) in [5.41, 5.74) is 6.45. The number of hydrogen-bond donors (Lipinski definition) is 2. The smallest absolute Gasteiger partial charge is 0.0817 e. The molecular weight excluding hydrogens is 252 g/mol. The van der Waals surface area contributed by atoms with Gasteiger partial charge in [-0.3, -0.25) is 5.84 Å². The molecule has 1 heterocycles. The van der Waals surface area contributed by atoms with Gasteiger partial charge >= 0.3 is 0 Å². The van der Waals surface area contributed by atoms with Gasteiger partial charge in [-0.1, -0.05) is 40.9 Å². The average molecular weight is 267 g/mol. The largest absolute Gasteiger partial charge is 0.271 e. The molecule has 0 saturated carbocycles. The number of aryl methyl sites for hydroxylation is 2. The topological polar surface area (TPSA) is 38.0 Å². The number of rotatable bonds is 3. The monoisotopic (exact) mass is 266 g/mol. The zero-order valence-corrected chi connectivity index (χ0v) is 11.4. The lowest BCUT2D eigenvalue weighted by Crippen LogP contribution is -2.28. The van der Waals surface area contributed by atoms with Gasteiger partial charge in [0.2, 0.25) is 0 Å². The maximum Gasteiger partial charge on any atom is 0.0817 e. The van der Waals surface area contributed by atoms with E-state index in [4.69, 9.17) is 17.4 Å². The molecule has 1 unspecified atom stereocenters. The van der Waals surface area contributed by atoms with E-state index < -0.39 is 0 Å². The summed E-state index contributed by atoms with van der Waals surface area (Å²) in [4.78, 5) is 1.05. The van der Waals surface area contributed by atoms with E-state index in [2.05, 4.69) is 37.5 Å². The second-order valence-corrected chi connectivity index (χ2v) is 5.51. The van der Waals surface area contributed by atoms with Crippen molar-refractivity contribution < 1.29 is 0 Å². The maximum absolute atomic E-state index is 6.16. The van der Waals surface area contributed by atoms with Crippen LogP contribution in [0, 0.1) is 13.8 Å². The highest BCUT2D eigenvalue weighted by Crippen LogP contribution is 2.33. The van der Waals surface area contributed by atoms with E-state index in [0.717, 1.165) is 15.5 Å². The first-order valence-electron chi connectivity index (χ1n) is 5.39. The third-order valence-corrected chi connectivity index (χ3v) is 4.07. The Hall–Kier alpha value is -0.870. The molecule has 1 atom stereocenters. The summed E-state index contributed by atoms with van der Waals surface area (Å²) >= 11 is 7.77. The third kappa shape index (κ3) is 2.69. The Bertz CT molecular complexity index is 502. The molecule has 90 valence electrons. The fourth-order valence-corrected chi connectivity index (χ4v) is 3.26. The van der Waals surface area contributed by atoms with Gasteiger partial charge in [-0.15, -0.1) is 11.3 Å². The summed E-state index contributed by atoms with van der Waals surface area (Å²) in [5.74, 6) is 5.66. The summed E-state index contributed by atoms with van der Waals surface area (Å²) in [6.07, 6.45) is 0. The molecule has 0 aliphatic carbocycles. The molecule has 0 fully saturated rings. The molecule has 0 radical (unpaired) electrons. The van der Waals surface area contributed by atoms with Crippen LogP contribution in [0.3, 0.4) is 0 Å². The fourth-order valence-electron chi connectivity index (χ4n) is 2.01. The number of hydrogen-bond acceptors (Lipinski definition) is 3. The van der Waals surface area contributed by atoms with E-state index in [1.165, 1.54) is 11.1 Å². The van der Waals surface area contributed by atoms with Gasteiger partial charge in [-0.2, -0.15) is 0 Å². The van der Waals surface area contributed by atoms with Crippen LogP contribution < -0.4 is 11.3 Å². The molecule has 2 nitrogen and oxygen atoms in total. The fraction of sp³-hybridized carbons (Fsp3) is 0.231. The predicted octanol–water partition coefficient (Wildman–Crippen LogP) is 3.57. The zero-order chi connectivity index (χ0) is 12.4. The maximum atomic E-state index is 6.16. The average Bonchev–Trinajstić information content (AvgIpc) is 2.65. The molecule has 0 bridgehead atoms. The van der Waals surface area contributed by atoms with Crippen molar-refractivity contribution in [1.29, 1.82) is 0 Å². The van der Waals surface area contributed by atoms with Crippen molar-refractivity contribution in [2.45, 2.75) is 19.9 Å². The van der Waals surface area contributed by atoms with Crippen molar-refractivity contribution in [3.05, 3.63) is 56.2 Å². The van der Waals surface area contributed by atoms with Crippen LogP contribution in [-0.2, 0) is 0 Å². The number of nitrogens with two attached hydrogens (primary N) is 1. The van der Waals surface area contributed by atoms with Gasteiger partial charge < -0.3 is 0 Å². The number of thiophene rings is 1. The van der Waals surface area contributed by atoms with E-state index in [9.17, 15) is 0 Å². The summed E-state index contributed by atoms with van der Waals surface area (Å²) in [7, 11) is 0. The van der Waals surface area contributed by atoms with Crippen molar-refractivity contribution in [2.75, 3.05) is 0 Å². The van der Waals surface area contributed by atoms with Gasteiger partial charge in [-0.05, 0) is 30.9 Å². The minimum Gasteiger partial charge on any atom is -0.271 e. The van der Waals surface area contributed by atoms with E-state index in [1.807, 2.05) is 11.4 Å². The Morgan fingerprint density at radius 1 is 1.24 bits per heavy atom. The Morgan fingerprint density at radius 2 is 1.88 bits per heavy atom. The molecule has 0 spiro atoms. The lowest BCUT2D eigenvalue weighted by Gasteiger charge is -2.17. The van der Waals surface area contributed by atoms with Crippen LogP contribution in [0.4, 0.5) is 0 Å². The van der Waals surface area contributed by atoms with Crippen LogP contribution >= 0.6 is 22.9 Å². The van der Waals surface area contributed by atoms with Crippen molar-refractivity contribution in [3.63, 3.8) is 0 Å². The van der Waals surface area contributed by atoms with Gasteiger partial charge in [0.25, 0.3) is 0 Å². The highest BCUT2D eigenvalue weighted by molar-refractivity contribution is 7.10. The van der Waals surface area contributed by atoms with Crippen LogP contribution in [0.25, 0.3) is 0 Å². The summed E-state index contributed by atoms with van der Waals surface area (Å²) in [6.45, 7) is 4.17. The summed E-state index contributed by atoms with van der Waals surface area (Å²) in [5, 5.41) is 2.74. The van der Waals surface area contributed by atoms with Crippen LogP contribution in [-0.4, -0.2) is 0 Å². The second kappa shape index (κ2) is 5.19. The van der Waals surface area contributed by atoms with E-state index >= 15 is 0 Å². The lowest BCUT2D eigenvalue weighted by atomic mass is 10.0. The minimum atomic E-state index is -0.0406. The second-order valence-electron chi connectivity index (χ2n) is 4.15. The zero-order valence-electron chi connectivity index (χ0n) is 9.83. The predicted molar refractivity (Wildman–Crippen MR) is 74.4 cm³/mol. The Balaban J connectivity index is 2.45. The minimum absolute atomic E-state index is 0.0406. The normalized spacial score (nSPS) is 12.7. The number of hydrazine groups is 1. The Kier molecular flexibility index (Phi) is 3.84. The molecule has 2 rings (SSSR count). The first kappa shape index (κ1) is 12.6. The standard InChI is InChI=1S/C13H15ClN2S/c1-8-5-9(2)7-10(6-8)12(16-15)13-11(14)3-4-17-13/h3-7,12,16H,15H2,1-2H3. The van der Waals surface area contributed by atoms with Crippen molar-refractivity contribution in [1.82, 2.24) is 5.43 Å². The van der Waals surface area contributed by atoms with Crippen LogP contribution in [0.15, 0.2) is 29.6 Å². The molecule has 17 heavy (non-hydrogen) atoms. The van der Waals surface area contributed by atoms with E-state index in [0.29, 0.717) is 0 Å². The van der Waals surface area contributed by atoms with E-state index in [1.54, 1.807) is 11.3 Å². The van der Waals surface area contributed by atoms with Gasteiger partial charge in [0.05, 0.1) is 11.1 Å². The summed E-state index contributed by atoms with van der Waals surface area (Å²) < 4.78 is 0. The molecule has 2 aromatic rings. The van der Waals surface area contributed by atoms with E-state index in [-0.39, 0.29) is 6.04 Å². The highest BCUT2D eigenvalue weighted by atomic mass is 35.5. The van der Waals surface area contributed by atoms with Gasteiger partial charge in [0.1, 0.15) is 0 Å². The van der Waals surface area contributed by atoms with Crippen molar-refractivity contribution >= 4 is 22.9 Å². The van der Waals surface area contributed by atoms with Gasteiger partial charge in [-0.25, -0.2) is 5.43 Å². The first-order valence-corrected chi connectivity index (χ1v) is 6.65. The summed E-state index contributed by atoms with van der Waals surface area (Å²) in [6, 6.07) is 8.27. The molecular formula is C13H15ClN2S. The number of nitrogens with one attached hydrogen (secondary N) is 1. The molecule has 0 amide bonds. The molecule has 0 saturated heterocycles. The molecule has 4 heteroatoms. The number of benzene rings is 1. The highest BCUT2D eigenvalue weighted by Gasteiger charge is 2.17. The molecule has 0 aliphatic heterocycles. The van der Waals surface area contributed by atoms with Crippen LogP contribution in [0.5, 0.6) is 0 Å².